The van der Waals surface area contributed by atoms with Crippen LogP contribution in [0.4, 0.5) is 4.79 Å². The first kappa shape index (κ1) is 12.6. The van der Waals surface area contributed by atoms with E-state index in [2.05, 4.69) is 5.32 Å². The Kier molecular flexibility index (Phi) is 4.67. The highest BCUT2D eigenvalue weighted by Gasteiger charge is 2.27. The van der Waals surface area contributed by atoms with E-state index < -0.39 is 0 Å². The molecular weight excluding hydrogens is 214 g/mol. The predicted molar refractivity (Wildman–Crippen MR) is 62.5 cm³/mol. The van der Waals surface area contributed by atoms with Gasteiger partial charge in [-0.05, 0) is 25.8 Å². The van der Waals surface area contributed by atoms with Crippen LogP contribution in [0.1, 0.15) is 19.3 Å². The van der Waals surface area contributed by atoms with Gasteiger partial charge in [0.25, 0.3) is 0 Å². The van der Waals surface area contributed by atoms with Gasteiger partial charge in [-0.2, -0.15) is 0 Å². The van der Waals surface area contributed by atoms with E-state index in [0.29, 0.717) is 6.04 Å². The fourth-order valence-electron chi connectivity index (χ4n) is 2.26. The Balaban J connectivity index is 0.00000112. The van der Waals surface area contributed by atoms with Crippen LogP contribution in [-0.2, 0) is 0 Å². The van der Waals surface area contributed by atoms with Crippen molar-refractivity contribution in [1.82, 2.24) is 15.1 Å². The molecule has 2 amide bonds. The third-order valence-electron chi connectivity index (χ3n) is 3.26. The first-order chi connectivity index (χ1) is 6.79. The second-order valence-corrected chi connectivity index (χ2v) is 4.23. The number of carbonyl (C=O) groups is 1. The maximum absolute atomic E-state index is 12.0. The number of likely N-dealkylation sites (tertiary alicyclic amines) is 1. The number of urea groups is 1. The summed E-state index contributed by atoms with van der Waals surface area (Å²) in [7, 11) is 1.93. The van der Waals surface area contributed by atoms with Crippen molar-refractivity contribution in [3.8, 4) is 0 Å². The van der Waals surface area contributed by atoms with Gasteiger partial charge in [-0.1, -0.05) is 0 Å². The van der Waals surface area contributed by atoms with Gasteiger partial charge in [-0.25, -0.2) is 4.79 Å². The van der Waals surface area contributed by atoms with Gasteiger partial charge in [0.05, 0.1) is 0 Å². The molecule has 2 aliphatic rings. The third kappa shape index (κ3) is 2.75. The van der Waals surface area contributed by atoms with Crippen LogP contribution in [-0.4, -0.2) is 55.1 Å². The van der Waals surface area contributed by atoms with Crippen molar-refractivity contribution in [3.63, 3.8) is 0 Å². The van der Waals surface area contributed by atoms with Gasteiger partial charge in [0.1, 0.15) is 0 Å². The highest BCUT2D eigenvalue weighted by molar-refractivity contribution is 5.85. The number of rotatable bonds is 1. The molecule has 2 heterocycles. The van der Waals surface area contributed by atoms with Crippen molar-refractivity contribution in [2.75, 3.05) is 33.2 Å². The molecule has 0 spiro atoms. The van der Waals surface area contributed by atoms with Crippen molar-refractivity contribution in [1.29, 1.82) is 0 Å². The summed E-state index contributed by atoms with van der Waals surface area (Å²) in [5.41, 5.74) is 0. The molecule has 0 aliphatic carbocycles. The molecule has 4 nitrogen and oxygen atoms in total. The van der Waals surface area contributed by atoms with E-state index in [1.807, 2.05) is 16.8 Å². The number of amides is 2. The number of hydrogen-bond acceptors (Lipinski definition) is 2. The summed E-state index contributed by atoms with van der Waals surface area (Å²) in [4.78, 5) is 15.8. The number of hydrogen-bond donors (Lipinski definition) is 1. The zero-order chi connectivity index (χ0) is 9.97. The molecule has 2 fully saturated rings. The zero-order valence-corrected chi connectivity index (χ0v) is 10.1. The Morgan fingerprint density at radius 3 is 2.60 bits per heavy atom. The lowest BCUT2D eigenvalue weighted by atomic mass is 10.2. The standard InChI is InChI=1S/C10H19N3O.ClH/c1-12(9-4-5-11-8-9)10(14)13-6-2-3-7-13;/h9,11H,2-8H2,1H3;1H/t9-;/m0./s1. The number of likely N-dealkylation sites (N-methyl/N-ethyl adjacent to an activating group) is 1. The van der Waals surface area contributed by atoms with E-state index in [1.165, 1.54) is 12.8 Å². The Labute approximate surface area is 97.4 Å². The number of nitrogens with one attached hydrogen (secondary N) is 1. The molecular formula is C10H20ClN3O. The molecule has 0 aromatic carbocycles. The molecule has 0 unspecified atom stereocenters. The van der Waals surface area contributed by atoms with Crippen LogP contribution in [0.2, 0.25) is 0 Å². The molecule has 0 saturated carbocycles. The normalized spacial score (nSPS) is 25.1. The largest absolute Gasteiger partial charge is 0.325 e. The predicted octanol–water partition coefficient (Wildman–Crippen LogP) is 0.918. The molecule has 2 aliphatic heterocycles. The minimum Gasteiger partial charge on any atom is -0.325 e. The lowest BCUT2D eigenvalue weighted by molar-refractivity contribution is 0.159. The quantitative estimate of drug-likeness (QED) is 0.731. The van der Waals surface area contributed by atoms with E-state index in [0.717, 1.165) is 32.6 Å². The van der Waals surface area contributed by atoms with E-state index in [4.69, 9.17) is 0 Å². The first-order valence-corrected chi connectivity index (χ1v) is 5.51. The van der Waals surface area contributed by atoms with Gasteiger partial charge in [0, 0.05) is 32.7 Å². The summed E-state index contributed by atoms with van der Waals surface area (Å²) in [5.74, 6) is 0. The summed E-state index contributed by atoms with van der Waals surface area (Å²) >= 11 is 0. The highest BCUT2D eigenvalue weighted by Crippen LogP contribution is 2.13. The van der Waals surface area contributed by atoms with Crippen LogP contribution in [0.3, 0.4) is 0 Å². The van der Waals surface area contributed by atoms with E-state index in [9.17, 15) is 4.79 Å². The van der Waals surface area contributed by atoms with Gasteiger partial charge < -0.3 is 15.1 Å². The smallest absolute Gasteiger partial charge is 0.320 e. The summed E-state index contributed by atoms with van der Waals surface area (Å²) in [6.07, 6.45) is 3.43. The van der Waals surface area contributed by atoms with Crippen molar-refractivity contribution in [2.24, 2.45) is 0 Å². The number of nitrogens with zero attached hydrogens (tertiary/aromatic N) is 2. The molecule has 15 heavy (non-hydrogen) atoms. The summed E-state index contributed by atoms with van der Waals surface area (Å²) in [5, 5.41) is 3.29. The molecule has 2 saturated heterocycles. The van der Waals surface area contributed by atoms with Crippen LogP contribution >= 0.6 is 12.4 Å². The second-order valence-electron chi connectivity index (χ2n) is 4.23. The Hall–Kier alpha value is -0.480. The minimum absolute atomic E-state index is 0. The molecule has 1 atom stereocenters. The molecule has 0 aromatic heterocycles. The van der Waals surface area contributed by atoms with Gasteiger partial charge in [-0.15, -0.1) is 12.4 Å². The monoisotopic (exact) mass is 233 g/mol. The van der Waals surface area contributed by atoms with Gasteiger partial charge in [-0.3, -0.25) is 0 Å². The highest BCUT2D eigenvalue weighted by atomic mass is 35.5. The third-order valence-corrected chi connectivity index (χ3v) is 3.26. The van der Waals surface area contributed by atoms with Crippen LogP contribution in [0.15, 0.2) is 0 Å². The van der Waals surface area contributed by atoms with Gasteiger partial charge >= 0.3 is 6.03 Å². The Morgan fingerprint density at radius 2 is 2.07 bits per heavy atom. The van der Waals surface area contributed by atoms with Crippen LogP contribution in [0, 0.1) is 0 Å². The lowest BCUT2D eigenvalue weighted by Gasteiger charge is -2.28. The van der Waals surface area contributed by atoms with Crippen LogP contribution in [0.5, 0.6) is 0 Å². The second kappa shape index (κ2) is 5.56. The molecule has 0 aromatic rings. The van der Waals surface area contributed by atoms with E-state index in [-0.39, 0.29) is 18.4 Å². The summed E-state index contributed by atoms with van der Waals surface area (Å²) in [6, 6.07) is 0.624. The van der Waals surface area contributed by atoms with Gasteiger partial charge in [0.15, 0.2) is 0 Å². The van der Waals surface area contributed by atoms with Crippen molar-refractivity contribution in [3.05, 3.63) is 0 Å². The fraction of sp³-hybridized carbons (Fsp3) is 0.900. The summed E-state index contributed by atoms with van der Waals surface area (Å²) in [6.45, 7) is 3.89. The van der Waals surface area contributed by atoms with E-state index >= 15 is 0 Å². The average Bonchev–Trinajstić information content (AvgIpc) is 2.87. The van der Waals surface area contributed by atoms with Crippen molar-refractivity contribution in [2.45, 2.75) is 25.3 Å². The molecule has 5 heteroatoms. The fourth-order valence-corrected chi connectivity index (χ4v) is 2.26. The van der Waals surface area contributed by atoms with Gasteiger partial charge in [0.2, 0.25) is 0 Å². The molecule has 2 rings (SSSR count). The van der Waals surface area contributed by atoms with Crippen LogP contribution in [0.25, 0.3) is 0 Å². The summed E-state index contributed by atoms with van der Waals surface area (Å²) < 4.78 is 0. The lowest BCUT2D eigenvalue weighted by Crippen LogP contribution is -2.45. The molecule has 1 N–H and O–H groups in total. The first-order valence-electron chi connectivity index (χ1n) is 5.51. The molecule has 0 bridgehead atoms. The zero-order valence-electron chi connectivity index (χ0n) is 9.24. The average molecular weight is 234 g/mol. The maximum Gasteiger partial charge on any atom is 0.320 e. The van der Waals surface area contributed by atoms with E-state index in [1.54, 1.807) is 0 Å². The SMILES string of the molecule is CN(C(=O)N1CCCC1)[C@H]1CCNC1.Cl. The number of halogens is 1. The molecule has 88 valence electrons. The molecule has 0 radical (unpaired) electrons. The topological polar surface area (TPSA) is 35.6 Å². The Morgan fingerprint density at radius 1 is 1.40 bits per heavy atom. The maximum atomic E-state index is 12.0. The minimum atomic E-state index is 0. The number of carbonyl (C=O) groups excluding carboxylic acids is 1. The van der Waals surface area contributed by atoms with Crippen molar-refractivity contribution >= 4 is 18.4 Å². The van der Waals surface area contributed by atoms with Crippen molar-refractivity contribution < 1.29 is 4.79 Å². The Bertz CT molecular complexity index is 213. The van der Waals surface area contributed by atoms with Crippen LogP contribution < -0.4 is 5.32 Å².